The van der Waals surface area contributed by atoms with E-state index >= 15 is 0 Å². The second-order valence-corrected chi connectivity index (χ2v) is 7.09. The fourth-order valence-electron chi connectivity index (χ4n) is 3.05. The maximum Gasteiger partial charge on any atom is 0.302 e. The Bertz CT molecular complexity index is 1080. The van der Waals surface area contributed by atoms with Crippen LogP contribution in [-0.2, 0) is 19.2 Å². The fourth-order valence-corrected chi connectivity index (χ4v) is 4.12. The van der Waals surface area contributed by atoms with Gasteiger partial charge in [-0.05, 0) is 31.2 Å². The number of Topliss-reactive ketones (excluding diaryl/α,β-unsaturated/α-hetero) is 2. The predicted molar refractivity (Wildman–Crippen MR) is 102 cm³/mol. The number of nitrogens with zero attached hydrogens (tertiary/aromatic N) is 2. The largest absolute Gasteiger partial charge is 0.492 e. The molecule has 3 aromatic rings. The first-order valence-corrected chi connectivity index (χ1v) is 9.38. The number of ketones is 2. The van der Waals surface area contributed by atoms with Crippen molar-refractivity contribution in [2.24, 2.45) is 0 Å². The Morgan fingerprint density at radius 2 is 1.61 bits per heavy atom. The number of aromatic nitrogens is 1. The molecule has 1 fully saturated rings. The lowest BCUT2D eigenvalue weighted by Crippen LogP contribution is -2.54. The average Bonchev–Trinajstić information content (AvgIpc) is 3.12. The smallest absolute Gasteiger partial charge is 0.302 e. The lowest BCUT2D eigenvalue weighted by atomic mass is 9.92. The minimum atomic E-state index is -1.51. The lowest BCUT2D eigenvalue weighted by Gasteiger charge is -2.27. The van der Waals surface area contributed by atoms with E-state index in [4.69, 9.17) is 4.74 Å². The molecule has 1 aliphatic rings. The summed E-state index contributed by atoms with van der Waals surface area (Å²) in [5.41, 5.74) is 0.677. The summed E-state index contributed by atoms with van der Waals surface area (Å²) < 4.78 is 6.20. The predicted octanol–water partition coefficient (Wildman–Crippen LogP) is 2.49. The molecule has 0 saturated carbocycles. The van der Waals surface area contributed by atoms with Gasteiger partial charge in [-0.3, -0.25) is 19.2 Å². The second kappa shape index (κ2) is 6.97. The van der Waals surface area contributed by atoms with Crippen molar-refractivity contribution in [1.29, 1.82) is 0 Å². The Hall–Kier alpha value is -3.39. The molecule has 0 spiro atoms. The number of carbonyl (C=O) groups is 4. The molecule has 2 amide bonds. The molecule has 7 nitrogen and oxygen atoms in total. The third-order valence-electron chi connectivity index (χ3n) is 4.32. The van der Waals surface area contributed by atoms with Gasteiger partial charge in [-0.15, -0.1) is 11.3 Å². The molecule has 4 rings (SSSR count). The van der Waals surface area contributed by atoms with E-state index in [1.165, 1.54) is 6.07 Å². The van der Waals surface area contributed by atoms with E-state index in [0.717, 1.165) is 16.0 Å². The van der Waals surface area contributed by atoms with Gasteiger partial charge in [-0.2, -0.15) is 0 Å². The van der Waals surface area contributed by atoms with Crippen LogP contribution in [0.25, 0.3) is 10.2 Å². The van der Waals surface area contributed by atoms with Crippen LogP contribution in [0.4, 0.5) is 5.69 Å². The van der Waals surface area contributed by atoms with E-state index in [1.807, 2.05) is 0 Å². The minimum absolute atomic E-state index is 0.0730. The number of amides is 2. The molecule has 2 aromatic carbocycles. The third kappa shape index (κ3) is 2.78. The molecule has 1 aromatic heterocycles. The molecular formula is C20H14N2O5S. The van der Waals surface area contributed by atoms with Crippen molar-refractivity contribution in [1.82, 2.24) is 4.98 Å². The summed E-state index contributed by atoms with van der Waals surface area (Å²) in [5.74, 6) is -5.36. The molecule has 0 bridgehead atoms. The Morgan fingerprint density at radius 1 is 0.964 bits per heavy atom. The SMILES string of the molecule is CCOc1ccccc1N1C(=O)C(=O)C(c2nc3ccccc3s2)C(=O)C1=O. The number of imide groups is 1. The molecule has 28 heavy (non-hydrogen) atoms. The normalized spacial score (nSPS) is 15.5. The van der Waals surface area contributed by atoms with Crippen molar-refractivity contribution >= 4 is 50.6 Å². The van der Waals surface area contributed by atoms with E-state index in [-0.39, 0.29) is 16.4 Å². The van der Waals surface area contributed by atoms with Crippen molar-refractivity contribution in [2.75, 3.05) is 11.5 Å². The van der Waals surface area contributed by atoms with Gasteiger partial charge >= 0.3 is 11.8 Å². The van der Waals surface area contributed by atoms with Crippen LogP contribution in [0.2, 0.25) is 0 Å². The van der Waals surface area contributed by atoms with Gasteiger partial charge in [0, 0.05) is 0 Å². The number of fused-ring (bicyclic) bond motifs is 1. The van der Waals surface area contributed by atoms with Crippen LogP contribution in [0.15, 0.2) is 48.5 Å². The number of rotatable bonds is 4. The van der Waals surface area contributed by atoms with E-state index in [1.54, 1.807) is 49.4 Å². The molecule has 2 heterocycles. The zero-order chi connectivity index (χ0) is 19.8. The number of hydrogen-bond donors (Lipinski definition) is 0. The number of piperidine rings is 1. The van der Waals surface area contributed by atoms with Crippen LogP contribution >= 0.6 is 11.3 Å². The Labute approximate surface area is 163 Å². The van der Waals surface area contributed by atoms with Crippen LogP contribution in [0.3, 0.4) is 0 Å². The van der Waals surface area contributed by atoms with Gasteiger partial charge < -0.3 is 4.74 Å². The monoisotopic (exact) mass is 394 g/mol. The van der Waals surface area contributed by atoms with Gasteiger partial charge in [0.15, 0.2) is 0 Å². The molecule has 8 heteroatoms. The highest BCUT2D eigenvalue weighted by Crippen LogP contribution is 2.35. The first-order chi connectivity index (χ1) is 13.5. The van der Waals surface area contributed by atoms with Crippen LogP contribution < -0.4 is 9.64 Å². The van der Waals surface area contributed by atoms with E-state index in [9.17, 15) is 19.2 Å². The van der Waals surface area contributed by atoms with Gasteiger partial charge in [0.05, 0.1) is 22.5 Å². The molecule has 0 unspecified atom stereocenters. The van der Waals surface area contributed by atoms with Gasteiger partial charge in [-0.1, -0.05) is 24.3 Å². The average molecular weight is 394 g/mol. The maximum absolute atomic E-state index is 12.8. The van der Waals surface area contributed by atoms with Crippen molar-refractivity contribution in [3.63, 3.8) is 0 Å². The van der Waals surface area contributed by atoms with Gasteiger partial charge in [0.2, 0.25) is 11.6 Å². The second-order valence-electron chi connectivity index (χ2n) is 6.03. The number of carbonyl (C=O) groups excluding carboxylic acids is 4. The zero-order valence-corrected chi connectivity index (χ0v) is 15.6. The summed E-state index contributed by atoms with van der Waals surface area (Å²) in [6, 6.07) is 13.4. The quantitative estimate of drug-likeness (QED) is 0.383. The van der Waals surface area contributed by atoms with Crippen molar-refractivity contribution in [2.45, 2.75) is 12.8 Å². The number of ether oxygens (including phenoxy) is 1. The molecule has 0 radical (unpaired) electrons. The molecule has 1 aliphatic heterocycles. The molecule has 0 N–H and O–H groups in total. The fraction of sp³-hybridized carbons (Fsp3) is 0.150. The number of benzene rings is 2. The number of thiazole rings is 1. The van der Waals surface area contributed by atoms with Crippen molar-refractivity contribution in [3.8, 4) is 5.75 Å². The zero-order valence-electron chi connectivity index (χ0n) is 14.7. The summed E-state index contributed by atoms with van der Waals surface area (Å²) >= 11 is 1.12. The summed E-state index contributed by atoms with van der Waals surface area (Å²) in [6.45, 7) is 2.04. The Kier molecular flexibility index (Phi) is 4.48. The van der Waals surface area contributed by atoms with Gasteiger partial charge in [0.1, 0.15) is 16.7 Å². The summed E-state index contributed by atoms with van der Waals surface area (Å²) in [6.07, 6.45) is 0. The first-order valence-electron chi connectivity index (χ1n) is 8.56. The number of anilines is 1. The highest BCUT2D eigenvalue weighted by atomic mass is 32.1. The van der Waals surface area contributed by atoms with Gasteiger partial charge in [-0.25, -0.2) is 9.88 Å². The maximum atomic E-state index is 12.8. The molecular weight excluding hydrogens is 380 g/mol. The molecule has 140 valence electrons. The summed E-state index contributed by atoms with van der Waals surface area (Å²) in [5, 5.41) is 0.149. The van der Waals surface area contributed by atoms with Crippen molar-refractivity contribution < 1.29 is 23.9 Å². The molecule has 1 saturated heterocycles. The Morgan fingerprint density at radius 3 is 2.29 bits per heavy atom. The first kappa shape index (κ1) is 18.0. The summed E-state index contributed by atoms with van der Waals surface area (Å²) in [7, 11) is 0. The highest BCUT2D eigenvalue weighted by molar-refractivity contribution is 7.19. The van der Waals surface area contributed by atoms with Crippen LogP contribution in [-0.4, -0.2) is 35.0 Å². The standard InChI is InChI=1S/C20H14N2O5S/c1-2-27-13-9-5-4-8-12(13)22-19(25)16(23)15(17(24)20(22)26)18-21-11-7-3-6-10-14(11)28-18/h3-10,15H,2H2,1H3. The van der Waals surface area contributed by atoms with Gasteiger partial charge in [0.25, 0.3) is 0 Å². The van der Waals surface area contributed by atoms with E-state index < -0.39 is 29.3 Å². The minimum Gasteiger partial charge on any atom is -0.492 e. The third-order valence-corrected chi connectivity index (χ3v) is 5.42. The summed E-state index contributed by atoms with van der Waals surface area (Å²) in [4.78, 5) is 55.9. The molecule has 0 atom stereocenters. The number of hydrogen-bond acceptors (Lipinski definition) is 7. The highest BCUT2D eigenvalue weighted by Gasteiger charge is 2.50. The van der Waals surface area contributed by atoms with Crippen molar-refractivity contribution in [3.05, 3.63) is 53.5 Å². The molecule has 0 aliphatic carbocycles. The lowest BCUT2D eigenvalue weighted by molar-refractivity contribution is -0.149. The number of para-hydroxylation sites is 3. The Balaban J connectivity index is 1.76. The van der Waals surface area contributed by atoms with Crippen LogP contribution in [0.1, 0.15) is 17.8 Å². The topological polar surface area (TPSA) is 93.6 Å². The van der Waals surface area contributed by atoms with E-state index in [2.05, 4.69) is 4.98 Å². The van der Waals surface area contributed by atoms with Crippen LogP contribution in [0, 0.1) is 0 Å². The van der Waals surface area contributed by atoms with Crippen LogP contribution in [0.5, 0.6) is 5.75 Å². The van der Waals surface area contributed by atoms with E-state index in [0.29, 0.717) is 17.0 Å².